The largest absolute Gasteiger partial charge is 0.349 e. The lowest BCUT2D eigenvalue weighted by Crippen LogP contribution is -2.33. The van der Waals surface area contributed by atoms with Gasteiger partial charge >= 0.3 is 0 Å². The van der Waals surface area contributed by atoms with Gasteiger partial charge in [-0.3, -0.25) is 9.59 Å². The molecule has 0 spiro atoms. The van der Waals surface area contributed by atoms with Crippen LogP contribution in [0.5, 0.6) is 0 Å². The summed E-state index contributed by atoms with van der Waals surface area (Å²) >= 11 is 0. The van der Waals surface area contributed by atoms with Gasteiger partial charge in [-0.25, -0.2) is 4.98 Å². The molecule has 6 nitrogen and oxygen atoms in total. The van der Waals surface area contributed by atoms with Crippen molar-refractivity contribution >= 4 is 28.5 Å². The smallest absolute Gasteiger partial charge is 0.251 e. The summed E-state index contributed by atoms with van der Waals surface area (Å²) in [5.41, 5.74) is 3.42. The van der Waals surface area contributed by atoms with Crippen LogP contribution in [0.15, 0.2) is 42.0 Å². The second-order valence-electron chi connectivity index (χ2n) is 12.3. The first-order valence-corrected chi connectivity index (χ1v) is 15.1. The number of nitrogens with zero attached hydrogens (tertiary/aromatic N) is 1. The molecule has 202 valence electrons. The van der Waals surface area contributed by atoms with Gasteiger partial charge in [-0.15, -0.1) is 0 Å². The van der Waals surface area contributed by atoms with Crippen LogP contribution in [0.4, 0.5) is 5.69 Å². The predicted molar refractivity (Wildman–Crippen MR) is 152 cm³/mol. The Morgan fingerprint density at radius 2 is 1.92 bits per heavy atom. The average molecular weight is 515 g/mol. The first-order valence-electron chi connectivity index (χ1n) is 15.1. The van der Waals surface area contributed by atoms with Gasteiger partial charge < -0.3 is 15.6 Å². The van der Waals surface area contributed by atoms with Crippen molar-refractivity contribution in [3.8, 4) is 0 Å². The Balaban J connectivity index is 1.09. The fourth-order valence-electron chi connectivity index (χ4n) is 7.60. The number of imidazole rings is 1. The first-order chi connectivity index (χ1) is 18.6. The Labute approximate surface area is 226 Å². The summed E-state index contributed by atoms with van der Waals surface area (Å²) in [4.78, 5) is 34.2. The number of nitrogens with one attached hydrogen (secondary N) is 3. The highest BCUT2D eigenvalue weighted by atomic mass is 16.2. The maximum Gasteiger partial charge on any atom is 0.251 e. The number of carbonyl (C=O) groups excluding carboxylic acids is 2. The molecule has 3 unspecified atom stereocenters. The van der Waals surface area contributed by atoms with E-state index >= 15 is 0 Å². The van der Waals surface area contributed by atoms with Gasteiger partial charge in [0.1, 0.15) is 5.82 Å². The molecule has 1 aromatic carbocycles. The SMILES string of the molecule is CCC1C[C@@H]2CCC[C@H]1CC(C(=O)Nc1ccc3nc(C4C=CC(C(=O)NC5CCCC5)=CC4)[nH]c3c1)C2. The number of allylic oxidation sites excluding steroid dienone is 2. The number of benzene rings is 1. The van der Waals surface area contributed by atoms with Gasteiger partial charge in [0.15, 0.2) is 0 Å². The minimum absolute atomic E-state index is 0.0408. The molecule has 2 aromatic rings. The predicted octanol–water partition coefficient (Wildman–Crippen LogP) is 6.77. The monoisotopic (exact) mass is 514 g/mol. The van der Waals surface area contributed by atoms with Crippen LogP contribution < -0.4 is 10.6 Å². The fraction of sp³-hybridized carbons (Fsp3) is 0.594. The van der Waals surface area contributed by atoms with Crippen LogP contribution in [-0.2, 0) is 9.59 Å². The molecule has 3 fully saturated rings. The maximum absolute atomic E-state index is 13.3. The van der Waals surface area contributed by atoms with E-state index in [-0.39, 0.29) is 23.7 Å². The van der Waals surface area contributed by atoms with Crippen LogP contribution in [0.2, 0.25) is 0 Å². The molecule has 1 aromatic heterocycles. The summed E-state index contributed by atoms with van der Waals surface area (Å²) < 4.78 is 0. The molecule has 3 N–H and O–H groups in total. The Kier molecular flexibility index (Phi) is 7.40. The van der Waals surface area contributed by atoms with E-state index in [4.69, 9.17) is 4.98 Å². The lowest BCUT2D eigenvalue weighted by molar-refractivity contribution is -0.121. The van der Waals surface area contributed by atoms with Crippen molar-refractivity contribution in [3.05, 3.63) is 47.8 Å². The van der Waals surface area contributed by atoms with Crippen molar-refractivity contribution in [2.45, 2.75) is 95.9 Å². The summed E-state index contributed by atoms with van der Waals surface area (Å²) in [6, 6.07) is 6.30. The Bertz CT molecular complexity index is 1240. The van der Waals surface area contributed by atoms with E-state index in [2.05, 4.69) is 28.6 Å². The Hall–Kier alpha value is -2.89. The molecule has 6 heteroatoms. The van der Waals surface area contributed by atoms with Crippen LogP contribution in [-0.4, -0.2) is 27.8 Å². The van der Waals surface area contributed by atoms with Crippen LogP contribution in [0, 0.1) is 23.7 Å². The molecule has 38 heavy (non-hydrogen) atoms. The standard InChI is InChI=1S/C32H42N4O2/c1-2-21-16-20-6-5-7-24(21)18-25(17-20)32(38)34-27-14-15-28-29(19-27)36-30(35-28)22-10-12-23(13-11-22)31(37)33-26-8-3-4-9-26/h10,12-15,19-22,24-26H,2-9,11,16-18H2,1H3,(H,33,37)(H,34,38)(H,35,36)/t20-,21?,22?,24-,25?/m0/s1. The summed E-state index contributed by atoms with van der Waals surface area (Å²) in [7, 11) is 0. The van der Waals surface area contributed by atoms with E-state index in [1.807, 2.05) is 30.4 Å². The fourth-order valence-corrected chi connectivity index (χ4v) is 7.60. The number of hydrogen-bond acceptors (Lipinski definition) is 3. The van der Waals surface area contributed by atoms with Gasteiger partial charge in [-0.05, 0) is 74.5 Å². The number of rotatable bonds is 6. The third kappa shape index (κ3) is 5.45. The number of amides is 2. The molecule has 2 bridgehead atoms. The molecule has 0 aliphatic heterocycles. The summed E-state index contributed by atoms with van der Waals surface area (Å²) in [6.45, 7) is 2.32. The highest BCUT2D eigenvalue weighted by Gasteiger charge is 2.37. The van der Waals surface area contributed by atoms with E-state index in [0.29, 0.717) is 17.9 Å². The number of anilines is 1. The summed E-state index contributed by atoms with van der Waals surface area (Å²) in [6.07, 6.45) is 19.9. The zero-order valence-corrected chi connectivity index (χ0v) is 22.7. The maximum atomic E-state index is 13.3. The second kappa shape index (κ2) is 11.1. The molecule has 0 saturated heterocycles. The van der Waals surface area contributed by atoms with Crippen molar-refractivity contribution in [2.24, 2.45) is 23.7 Å². The van der Waals surface area contributed by atoms with Crippen molar-refractivity contribution in [3.63, 3.8) is 0 Å². The van der Waals surface area contributed by atoms with Gasteiger partial charge in [0.2, 0.25) is 5.91 Å². The van der Waals surface area contributed by atoms with Gasteiger partial charge in [0.25, 0.3) is 5.91 Å². The third-order valence-electron chi connectivity index (χ3n) is 9.76. The van der Waals surface area contributed by atoms with Gasteiger partial charge in [-0.1, -0.05) is 63.7 Å². The number of aromatic nitrogens is 2. The van der Waals surface area contributed by atoms with Crippen molar-refractivity contribution in [1.82, 2.24) is 15.3 Å². The van der Waals surface area contributed by atoms with Crippen LogP contribution in [0.3, 0.4) is 0 Å². The molecule has 2 amide bonds. The molecular weight excluding hydrogens is 472 g/mol. The number of H-pyrrole nitrogens is 1. The number of hydrogen-bond donors (Lipinski definition) is 3. The number of aromatic amines is 1. The molecule has 4 aliphatic rings. The van der Waals surface area contributed by atoms with E-state index in [9.17, 15) is 9.59 Å². The lowest BCUT2D eigenvalue weighted by Gasteiger charge is -2.25. The molecule has 4 aliphatic carbocycles. The minimum atomic E-state index is 0.0408. The molecular formula is C32H42N4O2. The molecule has 0 radical (unpaired) electrons. The van der Waals surface area contributed by atoms with E-state index in [1.165, 1.54) is 44.9 Å². The van der Waals surface area contributed by atoms with Crippen LogP contribution >= 0.6 is 0 Å². The summed E-state index contributed by atoms with van der Waals surface area (Å²) in [5.74, 6) is 3.55. The zero-order valence-electron chi connectivity index (χ0n) is 22.7. The number of carbonyl (C=O) groups is 2. The lowest BCUT2D eigenvalue weighted by atomic mass is 9.81. The zero-order chi connectivity index (χ0) is 26.1. The van der Waals surface area contributed by atoms with Crippen LogP contribution in [0.25, 0.3) is 11.0 Å². The van der Waals surface area contributed by atoms with Gasteiger partial charge in [0.05, 0.1) is 11.0 Å². The number of fused-ring (bicyclic) bond motifs is 4. The highest BCUT2D eigenvalue weighted by molar-refractivity contribution is 5.97. The van der Waals surface area contributed by atoms with Gasteiger partial charge in [-0.2, -0.15) is 0 Å². The molecule has 1 heterocycles. The molecule has 6 rings (SSSR count). The van der Waals surface area contributed by atoms with Gasteiger partial charge in [0, 0.05) is 29.1 Å². The van der Waals surface area contributed by atoms with Crippen molar-refractivity contribution in [2.75, 3.05) is 5.32 Å². The molecule has 3 saturated carbocycles. The Morgan fingerprint density at radius 1 is 1.05 bits per heavy atom. The van der Waals surface area contributed by atoms with E-state index in [0.717, 1.165) is 66.1 Å². The summed E-state index contributed by atoms with van der Waals surface area (Å²) in [5, 5.41) is 6.41. The molecule has 5 atom stereocenters. The minimum Gasteiger partial charge on any atom is -0.349 e. The quantitative estimate of drug-likeness (QED) is 0.397. The first kappa shape index (κ1) is 25.4. The normalized spacial score (nSPS) is 29.6. The third-order valence-corrected chi connectivity index (χ3v) is 9.76. The topological polar surface area (TPSA) is 86.9 Å². The second-order valence-corrected chi connectivity index (χ2v) is 12.3. The highest BCUT2D eigenvalue weighted by Crippen LogP contribution is 2.44. The Morgan fingerprint density at radius 3 is 2.71 bits per heavy atom. The van der Waals surface area contributed by atoms with Crippen molar-refractivity contribution < 1.29 is 9.59 Å². The van der Waals surface area contributed by atoms with Crippen molar-refractivity contribution in [1.29, 1.82) is 0 Å². The van der Waals surface area contributed by atoms with E-state index < -0.39 is 0 Å². The average Bonchev–Trinajstić information content (AvgIpc) is 3.49. The van der Waals surface area contributed by atoms with Crippen LogP contribution in [0.1, 0.15) is 95.7 Å². The van der Waals surface area contributed by atoms with E-state index in [1.54, 1.807) is 0 Å².